The number of pyridine rings is 1. The molecule has 3 heteroatoms. The van der Waals surface area contributed by atoms with E-state index in [1.54, 1.807) is 5.56 Å². The second-order valence-corrected chi connectivity index (χ2v) is 7.55. The van der Waals surface area contributed by atoms with Crippen molar-refractivity contribution >= 4 is 0 Å². The first-order valence-corrected chi connectivity index (χ1v) is 9.14. The van der Waals surface area contributed by atoms with E-state index in [0.29, 0.717) is 5.41 Å². The molecule has 1 aromatic carbocycles. The van der Waals surface area contributed by atoms with Crippen LogP contribution in [0.5, 0.6) is 0 Å². The Morgan fingerprint density at radius 1 is 0.875 bits per heavy atom. The summed E-state index contributed by atoms with van der Waals surface area (Å²) in [4.78, 5) is 9.35. The summed E-state index contributed by atoms with van der Waals surface area (Å²) < 4.78 is 0. The van der Waals surface area contributed by atoms with Gasteiger partial charge in [-0.05, 0) is 43.0 Å². The van der Waals surface area contributed by atoms with E-state index in [-0.39, 0.29) is 0 Å². The number of benzene rings is 1. The molecule has 0 bridgehead atoms. The number of hydrogen-bond donors (Lipinski definition) is 0. The Kier molecular flexibility index (Phi) is 4.38. The van der Waals surface area contributed by atoms with Crippen molar-refractivity contribution in [3.63, 3.8) is 0 Å². The molecule has 0 amide bonds. The zero-order chi connectivity index (χ0) is 16.4. The third-order valence-electron chi connectivity index (χ3n) is 5.66. The summed E-state index contributed by atoms with van der Waals surface area (Å²) in [7, 11) is 0. The molecule has 4 rings (SSSR count). The van der Waals surface area contributed by atoms with Crippen LogP contribution in [0.2, 0.25) is 0 Å². The topological polar surface area (TPSA) is 19.4 Å². The molecule has 3 nitrogen and oxygen atoms in total. The fourth-order valence-corrected chi connectivity index (χ4v) is 3.88. The highest BCUT2D eigenvalue weighted by Gasteiger charge is 2.45. The SMILES string of the molecule is Cc1ccc(C2(CN3CCN(Cc4ccncc4)CC3)CC2)cc1. The molecular formula is C21H27N3. The first kappa shape index (κ1) is 15.8. The van der Waals surface area contributed by atoms with Gasteiger partial charge in [0, 0.05) is 57.1 Å². The van der Waals surface area contributed by atoms with Crippen molar-refractivity contribution in [2.45, 2.75) is 31.7 Å². The van der Waals surface area contributed by atoms with Crippen molar-refractivity contribution < 1.29 is 0 Å². The minimum Gasteiger partial charge on any atom is -0.300 e. The lowest BCUT2D eigenvalue weighted by Crippen LogP contribution is -2.48. The lowest BCUT2D eigenvalue weighted by Gasteiger charge is -2.36. The lowest BCUT2D eigenvalue weighted by molar-refractivity contribution is 0.119. The van der Waals surface area contributed by atoms with E-state index in [9.17, 15) is 0 Å². The largest absolute Gasteiger partial charge is 0.300 e. The first-order chi connectivity index (χ1) is 11.7. The molecule has 1 saturated carbocycles. The summed E-state index contributed by atoms with van der Waals surface area (Å²) in [6.45, 7) is 9.19. The van der Waals surface area contributed by atoms with Gasteiger partial charge >= 0.3 is 0 Å². The van der Waals surface area contributed by atoms with Gasteiger partial charge in [0.15, 0.2) is 0 Å². The highest BCUT2D eigenvalue weighted by Crippen LogP contribution is 2.48. The maximum absolute atomic E-state index is 4.11. The van der Waals surface area contributed by atoms with Gasteiger partial charge in [0.1, 0.15) is 0 Å². The number of aromatic nitrogens is 1. The van der Waals surface area contributed by atoms with Crippen LogP contribution in [-0.2, 0) is 12.0 Å². The van der Waals surface area contributed by atoms with Crippen LogP contribution in [0.15, 0.2) is 48.8 Å². The molecular weight excluding hydrogens is 294 g/mol. The molecule has 1 aliphatic carbocycles. The Bertz CT molecular complexity index is 653. The zero-order valence-corrected chi connectivity index (χ0v) is 14.6. The number of rotatable bonds is 5. The quantitative estimate of drug-likeness (QED) is 0.843. The molecule has 2 aliphatic rings. The van der Waals surface area contributed by atoms with Gasteiger partial charge in [-0.1, -0.05) is 29.8 Å². The van der Waals surface area contributed by atoms with Crippen LogP contribution in [0.3, 0.4) is 0 Å². The van der Waals surface area contributed by atoms with E-state index >= 15 is 0 Å². The van der Waals surface area contributed by atoms with E-state index < -0.39 is 0 Å². The van der Waals surface area contributed by atoms with Crippen molar-refractivity contribution in [2.75, 3.05) is 32.7 Å². The van der Waals surface area contributed by atoms with Gasteiger partial charge in [-0.15, -0.1) is 0 Å². The standard InChI is InChI=1S/C21H27N3/c1-18-2-4-20(5-3-18)21(8-9-21)17-24-14-12-23(13-15-24)16-19-6-10-22-11-7-19/h2-7,10-11H,8-9,12-17H2,1H3. The van der Waals surface area contributed by atoms with Crippen molar-refractivity contribution in [3.05, 3.63) is 65.5 Å². The Labute approximate surface area is 145 Å². The second kappa shape index (κ2) is 6.66. The second-order valence-electron chi connectivity index (χ2n) is 7.55. The molecule has 2 fully saturated rings. The predicted octanol–water partition coefficient (Wildman–Crippen LogP) is 3.24. The smallest absolute Gasteiger partial charge is 0.0271 e. The molecule has 1 saturated heterocycles. The Morgan fingerprint density at radius 2 is 1.50 bits per heavy atom. The maximum Gasteiger partial charge on any atom is 0.0271 e. The monoisotopic (exact) mass is 321 g/mol. The van der Waals surface area contributed by atoms with Crippen LogP contribution < -0.4 is 0 Å². The third-order valence-corrected chi connectivity index (χ3v) is 5.66. The molecule has 0 N–H and O–H groups in total. The van der Waals surface area contributed by atoms with Crippen LogP contribution in [0, 0.1) is 6.92 Å². The number of nitrogens with zero attached hydrogens (tertiary/aromatic N) is 3. The van der Waals surface area contributed by atoms with Crippen LogP contribution in [0.1, 0.15) is 29.5 Å². The molecule has 0 unspecified atom stereocenters. The van der Waals surface area contributed by atoms with Gasteiger partial charge < -0.3 is 0 Å². The number of piperazine rings is 1. The van der Waals surface area contributed by atoms with Crippen LogP contribution >= 0.6 is 0 Å². The van der Waals surface area contributed by atoms with Gasteiger partial charge in [0.05, 0.1) is 0 Å². The molecule has 24 heavy (non-hydrogen) atoms. The summed E-state index contributed by atoms with van der Waals surface area (Å²) in [5.74, 6) is 0. The molecule has 0 spiro atoms. The lowest BCUT2D eigenvalue weighted by atomic mass is 9.94. The summed E-state index contributed by atoms with van der Waals surface area (Å²) in [6, 6.07) is 13.5. The fourth-order valence-electron chi connectivity index (χ4n) is 3.88. The van der Waals surface area contributed by atoms with E-state index in [1.165, 1.54) is 56.7 Å². The minimum atomic E-state index is 0.445. The average molecular weight is 321 g/mol. The molecule has 2 heterocycles. The first-order valence-electron chi connectivity index (χ1n) is 9.14. The number of hydrogen-bond acceptors (Lipinski definition) is 3. The van der Waals surface area contributed by atoms with Gasteiger partial charge in [-0.3, -0.25) is 14.8 Å². The van der Waals surface area contributed by atoms with E-state index in [1.807, 2.05) is 12.4 Å². The maximum atomic E-state index is 4.11. The van der Waals surface area contributed by atoms with Gasteiger partial charge in [-0.25, -0.2) is 0 Å². The fraction of sp³-hybridized carbons (Fsp3) is 0.476. The zero-order valence-electron chi connectivity index (χ0n) is 14.6. The van der Waals surface area contributed by atoms with Crippen molar-refractivity contribution in [1.29, 1.82) is 0 Å². The number of aryl methyl sites for hydroxylation is 1. The predicted molar refractivity (Wildman–Crippen MR) is 98.0 cm³/mol. The van der Waals surface area contributed by atoms with Crippen molar-refractivity contribution in [1.82, 2.24) is 14.8 Å². The van der Waals surface area contributed by atoms with Gasteiger partial charge in [0.2, 0.25) is 0 Å². The molecule has 0 atom stereocenters. The summed E-state index contributed by atoms with van der Waals surface area (Å²) in [5, 5.41) is 0. The summed E-state index contributed by atoms with van der Waals surface area (Å²) in [6.07, 6.45) is 6.49. The average Bonchev–Trinajstić information content (AvgIpc) is 3.39. The highest BCUT2D eigenvalue weighted by molar-refractivity contribution is 5.34. The van der Waals surface area contributed by atoms with Gasteiger partial charge in [0.25, 0.3) is 0 Å². The molecule has 126 valence electrons. The molecule has 2 aromatic rings. The van der Waals surface area contributed by atoms with Crippen molar-refractivity contribution in [2.24, 2.45) is 0 Å². The molecule has 0 radical (unpaired) electrons. The third kappa shape index (κ3) is 3.52. The van der Waals surface area contributed by atoms with Crippen LogP contribution in [0.4, 0.5) is 0 Å². The van der Waals surface area contributed by atoms with E-state index in [2.05, 4.69) is 58.1 Å². The molecule has 1 aliphatic heterocycles. The van der Waals surface area contributed by atoms with Crippen LogP contribution in [0.25, 0.3) is 0 Å². The van der Waals surface area contributed by atoms with Gasteiger partial charge in [-0.2, -0.15) is 0 Å². The van der Waals surface area contributed by atoms with E-state index in [0.717, 1.165) is 6.54 Å². The Hall–Kier alpha value is -1.71. The van der Waals surface area contributed by atoms with Crippen LogP contribution in [-0.4, -0.2) is 47.5 Å². The Morgan fingerprint density at radius 3 is 2.12 bits per heavy atom. The van der Waals surface area contributed by atoms with Crippen molar-refractivity contribution in [3.8, 4) is 0 Å². The summed E-state index contributed by atoms with van der Waals surface area (Å²) >= 11 is 0. The minimum absolute atomic E-state index is 0.445. The Balaban J connectivity index is 1.31. The van der Waals surface area contributed by atoms with E-state index in [4.69, 9.17) is 0 Å². The summed E-state index contributed by atoms with van der Waals surface area (Å²) in [5.41, 5.74) is 4.73. The highest BCUT2D eigenvalue weighted by atomic mass is 15.3. The normalized spacial score (nSPS) is 20.9. The molecule has 1 aromatic heterocycles.